The Morgan fingerprint density at radius 3 is 2.21 bits per heavy atom. The predicted molar refractivity (Wildman–Crippen MR) is 125 cm³/mol. The summed E-state index contributed by atoms with van der Waals surface area (Å²) in [4.78, 5) is 0. The van der Waals surface area contributed by atoms with E-state index in [1.165, 1.54) is 56.7 Å². The third-order valence-electron chi connectivity index (χ3n) is 6.99. The van der Waals surface area contributed by atoms with Gasteiger partial charge in [-0.05, 0) is 59.4 Å². The fourth-order valence-corrected chi connectivity index (χ4v) is 5.18. The van der Waals surface area contributed by atoms with E-state index in [-0.39, 0.29) is 11.2 Å². The Hall–Kier alpha value is -2.63. The largest absolute Gasteiger partial charge is 0.573 e. The summed E-state index contributed by atoms with van der Waals surface area (Å²) in [5.41, 5.74) is 1.87. The first-order chi connectivity index (χ1) is 16.2. The summed E-state index contributed by atoms with van der Waals surface area (Å²) in [6, 6.07) is 11.9. The van der Waals surface area contributed by atoms with Crippen LogP contribution in [0, 0.1) is 23.5 Å². The number of fused-ring (bicyclic) bond motifs is 1. The standard InChI is InChI=1S/C28H29F5O/c1-2-3-18-4-6-19(7-5-18)8-9-20-10-13-23(25(29)16-20)21-11-14-24-22(17-21)12-15-26(27(24)30)34-28(31,32)33/h10-19H,2-9H2,1H3. The molecule has 1 fully saturated rings. The lowest BCUT2D eigenvalue weighted by atomic mass is 9.78. The van der Waals surface area contributed by atoms with Crippen LogP contribution in [0.4, 0.5) is 22.0 Å². The van der Waals surface area contributed by atoms with E-state index in [9.17, 15) is 22.0 Å². The minimum atomic E-state index is -4.98. The number of hydrogen-bond donors (Lipinski definition) is 0. The molecule has 6 heteroatoms. The molecule has 1 saturated carbocycles. The number of rotatable bonds is 7. The van der Waals surface area contributed by atoms with Crippen molar-refractivity contribution < 1.29 is 26.7 Å². The zero-order chi connectivity index (χ0) is 24.3. The van der Waals surface area contributed by atoms with Crippen molar-refractivity contribution in [2.24, 2.45) is 11.8 Å². The lowest BCUT2D eigenvalue weighted by Crippen LogP contribution is -2.17. The maximum Gasteiger partial charge on any atom is 0.573 e. The lowest BCUT2D eigenvalue weighted by molar-refractivity contribution is -0.275. The van der Waals surface area contributed by atoms with E-state index in [0.717, 1.165) is 30.4 Å². The van der Waals surface area contributed by atoms with Gasteiger partial charge in [-0.1, -0.05) is 75.8 Å². The summed E-state index contributed by atoms with van der Waals surface area (Å²) >= 11 is 0. The van der Waals surface area contributed by atoms with Gasteiger partial charge in [0.15, 0.2) is 11.6 Å². The Morgan fingerprint density at radius 1 is 0.853 bits per heavy atom. The van der Waals surface area contributed by atoms with Crippen LogP contribution in [0.5, 0.6) is 5.75 Å². The molecule has 0 heterocycles. The Morgan fingerprint density at radius 2 is 1.56 bits per heavy atom. The Labute approximate surface area is 196 Å². The van der Waals surface area contributed by atoms with Crippen molar-refractivity contribution in [3.05, 3.63) is 65.7 Å². The van der Waals surface area contributed by atoms with Crippen LogP contribution in [0.3, 0.4) is 0 Å². The second-order valence-electron chi connectivity index (χ2n) is 9.39. The van der Waals surface area contributed by atoms with Gasteiger partial charge < -0.3 is 4.74 Å². The maximum atomic E-state index is 14.9. The molecule has 1 aliphatic carbocycles. The van der Waals surface area contributed by atoms with Crippen LogP contribution >= 0.6 is 0 Å². The number of aryl methyl sites for hydroxylation is 1. The van der Waals surface area contributed by atoms with E-state index in [1.807, 2.05) is 6.07 Å². The zero-order valence-electron chi connectivity index (χ0n) is 19.2. The van der Waals surface area contributed by atoms with Gasteiger partial charge in [-0.3, -0.25) is 0 Å². The fourth-order valence-electron chi connectivity index (χ4n) is 5.18. The van der Waals surface area contributed by atoms with Crippen molar-refractivity contribution in [2.75, 3.05) is 0 Å². The van der Waals surface area contributed by atoms with Crippen molar-refractivity contribution in [2.45, 2.75) is 64.7 Å². The third-order valence-corrected chi connectivity index (χ3v) is 6.99. The van der Waals surface area contributed by atoms with Crippen molar-refractivity contribution in [1.82, 2.24) is 0 Å². The fraction of sp³-hybridized carbons (Fsp3) is 0.429. The van der Waals surface area contributed by atoms with Gasteiger partial charge in [-0.2, -0.15) is 0 Å². The summed E-state index contributed by atoms with van der Waals surface area (Å²) in [6.45, 7) is 2.24. The number of halogens is 5. The van der Waals surface area contributed by atoms with Gasteiger partial charge in [-0.25, -0.2) is 8.78 Å². The summed E-state index contributed by atoms with van der Waals surface area (Å²) in [7, 11) is 0. The molecule has 0 bridgehead atoms. The Bertz CT molecular complexity index is 1130. The van der Waals surface area contributed by atoms with Gasteiger partial charge >= 0.3 is 6.36 Å². The van der Waals surface area contributed by atoms with Crippen molar-refractivity contribution in [1.29, 1.82) is 0 Å². The number of hydrogen-bond acceptors (Lipinski definition) is 1. The first-order valence-corrected chi connectivity index (χ1v) is 12.0. The monoisotopic (exact) mass is 476 g/mol. The molecule has 3 aromatic carbocycles. The van der Waals surface area contributed by atoms with Gasteiger partial charge in [0.1, 0.15) is 5.82 Å². The summed E-state index contributed by atoms with van der Waals surface area (Å²) in [6.07, 6.45) is 4.62. The minimum absolute atomic E-state index is 0.0174. The Balaban J connectivity index is 1.45. The smallest absolute Gasteiger partial charge is 0.403 e. The molecule has 0 radical (unpaired) electrons. The van der Waals surface area contributed by atoms with Gasteiger partial charge in [0.2, 0.25) is 0 Å². The lowest BCUT2D eigenvalue weighted by Gasteiger charge is -2.28. The van der Waals surface area contributed by atoms with Gasteiger partial charge in [0, 0.05) is 10.9 Å². The molecule has 1 aliphatic rings. The molecule has 34 heavy (non-hydrogen) atoms. The van der Waals surface area contributed by atoms with Crippen LogP contribution in [-0.2, 0) is 6.42 Å². The summed E-state index contributed by atoms with van der Waals surface area (Å²) in [5.74, 6) is -0.765. The van der Waals surface area contributed by atoms with Crippen LogP contribution in [0.2, 0.25) is 0 Å². The van der Waals surface area contributed by atoms with Crippen LogP contribution in [0.25, 0.3) is 21.9 Å². The Kier molecular flexibility index (Phi) is 7.44. The van der Waals surface area contributed by atoms with Crippen LogP contribution < -0.4 is 4.74 Å². The molecule has 0 atom stereocenters. The molecular weight excluding hydrogens is 447 g/mol. The topological polar surface area (TPSA) is 9.23 Å². The van der Waals surface area contributed by atoms with E-state index < -0.39 is 17.9 Å². The first kappa shape index (κ1) is 24.5. The highest BCUT2D eigenvalue weighted by Crippen LogP contribution is 2.35. The molecule has 182 valence electrons. The summed E-state index contributed by atoms with van der Waals surface area (Å²) in [5, 5.41) is 0.350. The molecular formula is C28H29F5O. The molecule has 0 aromatic heterocycles. The normalized spacial score (nSPS) is 18.9. The average molecular weight is 477 g/mol. The van der Waals surface area contributed by atoms with Gasteiger partial charge in [0.25, 0.3) is 0 Å². The molecule has 1 nitrogen and oxygen atoms in total. The maximum absolute atomic E-state index is 14.9. The van der Waals surface area contributed by atoms with Crippen LogP contribution in [-0.4, -0.2) is 6.36 Å². The van der Waals surface area contributed by atoms with Gasteiger partial charge in [0.05, 0.1) is 0 Å². The molecule has 0 N–H and O–H groups in total. The number of ether oxygens (including phenoxy) is 1. The number of benzene rings is 3. The molecule has 4 rings (SSSR count). The molecule has 0 unspecified atom stereocenters. The van der Waals surface area contributed by atoms with Crippen molar-refractivity contribution in [3.8, 4) is 16.9 Å². The zero-order valence-corrected chi connectivity index (χ0v) is 19.2. The molecule has 0 saturated heterocycles. The quantitative estimate of drug-likeness (QED) is 0.309. The predicted octanol–water partition coefficient (Wildman–Crippen LogP) is 9.22. The molecule has 0 spiro atoms. The SMILES string of the molecule is CCCC1CCC(CCc2ccc(-c3ccc4c(F)c(OC(F)(F)F)ccc4c3)c(F)c2)CC1. The van der Waals surface area contributed by atoms with Crippen molar-refractivity contribution in [3.63, 3.8) is 0 Å². The molecule has 0 amide bonds. The number of alkyl halides is 3. The van der Waals surface area contributed by atoms with Crippen LogP contribution in [0.15, 0.2) is 48.5 Å². The second kappa shape index (κ2) is 10.3. The van der Waals surface area contributed by atoms with Crippen LogP contribution in [0.1, 0.15) is 57.4 Å². The minimum Gasteiger partial charge on any atom is -0.403 e. The van der Waals surface area contributed by atoms with Crippen molar-refractivity contribution >= 4 is 10.8 Å². The average Bonchev–Trinajstić information content (AvgIpc) is 2.80. The third kappa shape index (κ3) is 5.89. The summed E-state index contributed by atoms with van der Waals surface area (Å²) < 4.78 is 70.5. The van der Waals surface area contributed by atoms with E-state index in [1.54, 1.807) is 18.2 Å². The van der Waals surface area contributed by atoms with Gasteiger partial charge in [-0.15, -0.1) is 13.2 Å². The second-order valence-corrected chi connectivity index (χ2v) is 9.39. The van der Waals surface area contributed by atoms with E-state index in [0.29, 0.717) is 22.4 Å². The highest BCUT2D eigenvalue weighted by molar-refractivity contribution is 5.89. The van der Waals surface area contributed by atoms with E-state index >= 15 is 0 Å². The molecule has 0 aliphatic heterocycles. The highest BCUT2D eigenvalue weighted by Gasteiger charge is 2.32. The molecule has 3 aromatic rings. The highest BCUT2D eigenvalue weighted by atomic mass is 19.4. The first-order valence-electron chi connectivity index (χ1n) is 12.0. The van der Waals surface area contributed by atoms with E-state index in [2.05, 4.69) is 11.7 Å². The van der Waals surface area contributed by atoms with E-state index in [4.69, 9.17) is 0 Å².